The minimum atomic E-state index is 0.119. The molecule has 3 nitrogen and oxygen atoms in total. The van der Waals surface area contributed by atoms with E-state index < -0.39 is 0 Å². The van der Waals surface area contributed by atoms with E-state index in [1.54, 1.807) is 0 Å². The van der Waals surface area contributed by atoms with Gasteiger partial charge in [0.1, 0.15) is 0 Å². The number of benzene rings is 1. The van der Waals surface area contributed by atoms with E-state index in [4.69, 9.17) is 11.6 Å². The van der Waals surface area contributed by atoms with E-state index in [9.17, 15) is 0 Å². The molecule has 1 fully saturated rings. The van der Waals surface area contributed by atoms with E-state index in [2.05, 4.69) is 33.8 Å². The summed E-state index contributed by atoms with van der Waals surface area (Å²) in [5, 5.41) is 7.89. The summed E-state index contributed by atoms with van der Waals surface area (Å²) in [4.78, 5) is 4.53. The third-order valence-electron chi connectivity index (χ3n) is 4.26. The van der Waals surface area contributed by atoms with Crippen LogP contribution in [0.5, 0.6) is 0 Å². The van der Waals surface area contributed by atoms with Crippen molar-refractivity contribution in [2.24, 2.45) is 5.92 Å². The molecule has 22 heavy (non-hydrogen) atoms. The van der Waals surface area contributed by atoms with Gasteiger partial charge in [0.05, 0.1) is 11.7 Å². The molecule has 0 spiro atoms. The Morgan fingerprint density at radius 1 is 1.14 bits per heavy atom. The zero-order valence-electron chi connectivity index (χ0n) is 12.6. The molecule has 1 unspecified atom stereocenters. The fourth-order valence-corrected chi connectivity index (χ4v) is 3.09. The summed E-state index contributed by atoms with van der Waals surface area (Å²) in [6.07, 6.45) is 4.33. The van der Waals surface area contributed by atoms with E-state index in [0.29, 0.717) is 0 Å². The first kappa shape index (κ1) is 15.5. The van der Waals surface area contributed by atoms with Crippen molar-refractivity contribution < 1.29 is 0 Å². The zero-order valence-corrected chi connectivity index (χ0v) is 13.4. The molecule has 0 amide bonds. The summed E-state index contributed by atoms with van der Waals surface area (Å²) in [7, 11) is 0. The Balaban J connectivity index is 1.75. The van der Waals surface area contributed by atoms with Crippen LogP contribution in [0.4, 0.5) is 0 Å². The lowest BCUT2D eigenvalue weighted by atomic mass is 9.96. The number of piperidine rings is 1. The Morgan fingerprint density at radius 2 is 1.91 bits per heavy atom. The van der Waals surface area contributed by atoms with Gasteiger partial charge in [0, 0.05) is 11.2 Å². The van der Waals surface area contributed by atoms with Gasteiger partial charge in [-0.3, -0.25) is 4.98 Å². The summed E-state index contributed by atoms with van der Waals surface area (Å²) >= 11 is 6.02. The van der Waals surface area contributed by atoms with Crippen molar-refractivity contribution in [1.82, 2.24) is 15.6 Å². The zero-order chi connectivity index (χ0) is 15.2. The second kappa shape index (κ2) is 7.73. The van der Waals surface area contributed by atoms with Crippen molar-refractivity contribution in [3.05, 3.63) is 64.9 Å². The van der Waals surface area contributed by atoms with Crippen LogP contribution in [-0.4, -0.2) is 24.6 Å². The van der Waals surface area contributed by atoms with Crippen molar-refractivity contribution in [2.45, 2.75) is 18.9 Å². The van der Waals surface area contributed by atoms with E-state index in [1.807, 2.05) is 30.5 Å². The molecule has 1 aromatic heterocycles. The molecular weight excluding hydrogens is 294 g/mol. The fourth-order valence-electron chi connectivity index (χ4n) is 2.97. The molecule has 0 saturated carbocycles. The quantitative estimate of drug-likeness (QED) is 0.888. The molecule has 1 saturated heterocycles. The first-order valence-corrected chi connectivity index (χ1v) is 8.31. The number of nitrogens with zero attached hydrogens (tertiary/aromatic N) is 1. The average molecular weight is 316 g/mol. The van der Waals surface area contributed by atoms with Crippen molar-refractivity contribution in [2.75, 3.05) is 19.6 Å². The number of hydrogen-bond donors (Lipinski definition) is 2. The predicted octanol–water partition coefficient (Wildman–Crippen LogP) is 3.41. The first-order valence-electron chi connectivity index (χ1n) is 7.93. The summed E-state index contributed by atoms with van der Waals surface area (Å²) in [5.74, 6) is 0.736. The van der Waals surface area contributed by atoms with E-state index in [1.165, 1.54) is 18.4 Å². The summed E-state index contributed by atoms with van der Waals surface area (Å²) in [6.45, 7) is 3.27. The molecule has 1 aliphatic rings. The Kier molecular flexibility index (Phi) is 5.43. The van der Waals surface area contributed by atoms with Crippen LogP contribution in [0.15, 0.2) is 48.7 Å². The molecular formula is C18H22ClN3. The van der Waals surface area contributed by atoms with Crippen molar-refractivity contribution in [3.63, 3.8) is 0 Å². The molecule has 2 heterocycles. The highest BCUT2D eigenvalue weighted by molar-refractivity contribution is 6.30. The van der Waals surface area contributed by atoms with Crippen LogP contribution >= 0.6 is 11.6 Å². The van der Waals surface area contributed by atoms with Gasteiger partial charge >= 0.3 is 0 Å². The number of nitrogens with one attached hydrogen (secondary N) is 2. The minimum absolute atomic E-state index is 0.119. The molecule has 4 heteroatoms. The fraction of sp³-hybridized carbons (Fsp3) is 0.389. The SMILES string of the molecule is Clc1ccc(C(NCC2CCNCC2)c2ccccn2)cc1. The number of pyridine rings is 1. The topological polar surface area (TPSA) is 37.0 Å². The highest BCUT2D eigenvalue weighted by Gasteiger charge is 2.18. The molecule has 116 valence electrons. The lowest BCUT2D eigenvalue weighted by Crippen LogP contribution is -2.35. The van der Waals surface area contributed by atoms with Crippen LogP contribution in [0.3, 0.4) is 0 Å². The Morgan fingerprint density at radius 3 is 2.59 bits per heavy atom. The second-order valence-corrected chi connectivity index (χ2v) is 6.28. The van der Waals surface area contributed by atoms with Gasteiger partial charge in [-0.1, -0.05) is 29.8 Å². The largest absolute Gasteiger partial charge is 0.317 e. The van der Waals surface area contributed by atoms with Crippen LogP contribution in [0.25, 0.3) is 0 Å². The Bertz CT molecular complexity index is 565. The van der Waals surface area contributed by atoms with Crippen LogP contribution in [0, 0.1) is 5.92 Å². The summed E-state index contributed by atoms with van der Waals surface area (Å²) in [6, 6.07) is 14.2. The van der Waals surface area contributed by atoms with Crippen molar-refractivity contribution in [3.8, 4) is 0 Å². The molecule has 2 N–H and O–H groups in total. The molecule has 0 radical (unpaired) electrons. The number of halogens is 1. The Hall–Kier alpha value is -1.42. The maximum Gasteiger partial charge on any atom is 0.0751 e. The molecule has 0 aliphatic carbocycles. The lowest BCUT2D eigenvalue weighted by molar-refractivity contribution is 0.347. The number of hydrogen-bond acceptors (Lipinski definition) is 3. The van der Waals surface area contributed by atoms with E-state index in [0.717, 1.165) is 36.3 Å². The van der Waals surface area contributed by atoms with Crippen LogP contribution in [0.2, 0.25) is 5.02 Å². The van der Waals surface area contributed by atoms with Gasteiger partial charge in [-0.2, -0.15) is 0 Å². The minimum Gasteiger partial charge on any atom is -0.317 e. The number of rotatable bonds is 5. The molecule has 2 aromatic rings. The third kappa shape index (κ3) is 4.07. The van der Waals surface area contributed by atoms with E-state index >= 15 is 0 Å². The summed E-state index contributed by atoms with van der Waals surface area (Å²) in [5.41, 5.74) is 2.26. The smallest absolute Gasteiger partial charge is 0.0751 e. The number of aromatic nitrogens is 1. The molecule has 0 bridgehead atoms. The van der Waals surface area contributed by atoms with Crippen LogP contribution < -0.4 is 10.6 Å². The van der Waals surface area contributed by atoms with Crippen molar-refractivity contribution >= 4 is 11.6 Å². The maximum absolute atomic E-state index is 6.02. The third-order valence-corrected chi connectivity index (χ3v) is 4.51. The second-order valence-electron chi connectivity index (χ2n) is 5.84. The van der Waals surface area contributed by atoms with Crippen LogP contribution in [-0.2, 0) is 0 Å². The van der Waals surface area contributed by atoms with Gasteiger partial charge in [0.25, 0.3) is 0 Å². The highest BCUT2D eigenvalue weighted by atomic mass is 35.5. The molecule has 1 aliphatic heterocycles. The normalized spacial score (nSPS) is 17.3. The standard InChI is InChI=1S/C18H22ClN3/c19-16-6-4-15(5-7-16)18(17-3-1-2-10-21-17)22-13-14-8-11-20-12-9-14/h1-7,10,14,18,20,22H,8-9,11-13H2. The van der Waals surface area contributed by atoms with Crippen LogP contribution in [0.1, 0.15) is 30.1 Å². The van der Waals surface area contributed by atoms with E-state index in [-0.39, 0.29) is 6.04 Å². The lowest BCUT2D eigenvalue weighted by Gasteiger charge is -2.26. The van der Waals surface area contributed by atoms with Gasteiger partial charge in [-0.05, 0) is 68.2 Å². The molecule has 3 rings (SSSR count). The first-order chi connectivity index (χ1) is 10.8. The predicted molar refractivity (Wildman–Crippen MR) is 91.1 cm³/mol. The average Bonchev–Trinajstić information content (AvgIpc) is 2.58. The van der Waals surface area contributed by atoms with Gasteiger partial charge in [-0.15, -0.1) is 0 Å². The maximum atomic E-state index is 6.02. The summed E-state index contributed by atoms with van der Waals surface area (Å²) < 4.78 is 0. The van der Waals surface area contributed by atoms with Gasteiger partial charge in [-0.25, -0.2) is 0 Å². The monoisotopic (exact) mass is 315 g/mol. The molecule has 1 aromatic carbocycles. The van der Waals surface area contributed by atoms with Crippen molar-refractivity contribution in [1.29, 1.82) is 0 Å². The van der Waals surface area contributed by atoms with Gasteiger partial charge in [0.2, 0.25) is 0 Å². The highest BCUT2D eigenvalue weighted by Crippen LogP contribution is 2.23. The van der Waals surface area contributed by atoms with Gasteiger partial charge in [0.15, 0.2) is 0 Å². The van der Waals surface area contributed by atoms with Gasteiger partial charge < -0.3 is 10.6 Å². The Labute approximate surface area is 137 Å². The molecule has 1 atom stereocenters.